The van der Waals surface area contributed by atoms with Gasteiger partial charge in [0.15, 0.2) is 0 Å². The van der Waals surface area contributed by atoms with Gasteiger partial charge in [0, 0.05) is 18.7 Å². The first kappa shape index (κ1) is 20.0. The van der Waals surface area contributed by atoms with E-state index in [0.29, 0.717) is 24.8 Å². The largest absolute Gasteiger partial charge is 0.492 e. The van der Waals surface area contributed by atoms with Crippen molar-refractivity contribution in [2.75, 3.05) is 26.7 Å². The Morgan fingerprint density at radius 2 is 2.04 bits per heavy atom. The number of carboxylic acid groups (broad SMARTS) is 1. The number of likely N-dealkylation sites (N-methyl/N-ethyl adjacent to an activating group) is 1. The van der Waals surface area contributed by atoms with Crippen molar-refractivity contribution < 1.29 is 14.6 Å². The van der Waals surface area contributed by atoms with Gasteiger partial charge in [0.1, 0.15) is 17.5 Å². The molecule has 140 valence electrons. The van der Waals surface area contributed by atoms with Gasteiger partial charge in [0.2, 0.25) is 0 Å². The number of allylic oxidation sites excluding steroid dienone is 1. The Labute approximate surface area is 158 Å². The fourth-order valence-electron chi connectivity index (χ4n) is 2.38. The molecule has 0 saturated heterocycles. The first-order chi connectivity index (χ1) is 12.4. The minimum atomic E-state index is -0.793. The Hall–Kier alpha value is -2.31. The number of hydrogen-bond donors (Lipinski definition) is 1. The molecule has 1 N–H and O–H groups in total. The van der Waals surface area contributed by atoms with Crippen LogP contribution >= 0.6 is 11.6 Å². The zero-order valence-electron chi connectivity index (χ0n) is 15.3. The third kappa shape index (κ3) is 5.34. The molecule has 1 heterocycles. The van der Waals surface area contributed by atoms with Crippen LogP contribution in [0, 0.1) is 6.92 Å². The van der Waals surface area contributed by atoms with Crippen LogP contribution in [0.3, 0.4) is 0 Å². The van der Waals surface area contributed by atoms with Gasteiger partial charge in [-0.3, -0.25) is 4.79 Å². The van der Waals surface area contributed by atoms with Gasteiger partial charge in [0.25, 0.3) is 0 Å². The van der Waals surface area contributed by atoms with E-state index in [-0.39, 0.29) is 6.42 Å². The van der Waals surface area contributed by atoms with Crippen molar-refractivity contribution in [2.24, 2.45) is 0 Å². The highest BCUT2D eigenvalue weighted by Crippen LogP contribution is 2.25. The predicted molar refractivity (Wildman–Crippen MR) is 103 cm³/mol. The van der Waals surface area contributed by atoms with Crippen LogP contribution in [0.1, 0.15) is 24.6 Å². The van der Waals surface area contributed by atoms with Crippen molar-refractivity contribution in [3.05, 3.63) is 46.8 Å². The molecule has 1 aromatic carbocycles. The van der Waals surface area contributed by atoms with Crippen molar-refractivity contribution in [3.63, 3.8) is 0 Å². The average molecular weight is 378 g/mol. The lowest BCUT2D eigenvalue weighted by atomic mass is 10.2. The Balaban J connectivity index is 1.94. The number of carbonyl (C=O) groups is 1. The third-order valence-electron chi connectivity index (χ3n) is 3.94. The minimum Gasteiger partial charge on any atom is -0.492 e. The SMILES string of the molecule is C/C=C\c1nn(-c2ccc(OCCN(C)CCC(=O)O)cc2)c(Cl)c1C. The van der Waals surface area contributed by atoms with Crippen LogP contribution in [0.25, 0.3) is 11.8 Å². The van der Waals surface area contributed by atoms with Crippen LogP contribution in [-0.4, -0.2) is 52.5 Å². The highest BCUT2D eigenvalue weighted by atomic mass is 35.5. The molecule has 7 heteroatoms. The molecular weight excluding hydrogens is 354 g/mol. The number of nitrogens with zero attached hydrogens (tertiary/aromatic N) is 3. The molecule has 2 rings (SSSR count). The molecule has 0 spiro atoms. The molecule has 0 amide bonds. The number of benzene rings is 1. The van der Waals surface area contributed by atoms with Gasteiger partial charge in [-0.15, -0.1) is 0 Å². The maximum Gasteiger partial charge on any atom is 0.304 e. The van der Waals surface area contributed by atoms with E-state index in [9.17, 15) is 4.79 Å². The van der Waals surface area contributed by atoms with E-state index in [1.807, 2.05) is 62.2 Å². The fraction of sp³-hybridized carbons (Fsp3) is 0.368. The number of hydrogen-bond acceptors (Lipinski definition) is 4. The van der Waals surface area contributed by atoms with E-state index in [1.54, 1.807) is 4.68 Å². The average Bonchev–Trinajstić information content (AvgIpc) is 2.89. The lowest BCUT2D eigenvalue weighted by molar-refractivity contribution is -0.137. The summed E-state index contributed by atoms with van der Waals surface area (Å²) >= 11 is 6.38. The molecular formula is C19H24ClN3O3. The smallest absolute Gasteiger partial charge is 0.304 e. The van der Waals surface area contributed by atoms with Gasteiger partial charge in [0.05, 0.1) is 17.8 Å². The predicted octanol–water partition coefficient (Wildman–Crippen LogP) is 3.65. The summed E-state index contributed by atoms with van der Waals surface area (Å²) in [5, 5.41) is 13.8. The Kier molecular flexibility index (Phi) is 7.24. The minimum absolute atomic E-state index is 0.129. The van der Waals surface area contributed by atoms with Crippen molar-refractivity contribution >= 4 is 23.6 Å². The molecule has 0 saturated carbocycles. The van der Waals surface area contributed by atoms with Crippen LogP contribution < -0.4 is 4.74 Å². The summed E-state index contributed by atoms with van der Waals surface area (Å²) in [6, 6.07) is 7.55. The first-order valence-corrected chi connectivity index (χ1v) is 8.81. The van der Waals surface area contributed by atoms with Gasteiger partial charge >= 0.3 is 5.97 Å². The molecule has 0 radical (unpaired) electrons. The Morgan fingerprint density at radius 3 is 2.65 bits per heavy atom. The van der Waals surface area contributed by atoms with E-state index in [2.05, 4.69) is 5.10 Å². The summed E-state index contributed by atoms with van der Waals surface area (Å²) in [6.45, 7) is 5.54. The summed E-state index contributed by atoms with van der Waals surface area (Å²) in [5.41, 5.74) is 2.65. The topological polar surface area (TPSA) is 67.6 Å². The van der Waals surface area contributed by atoms with E-state index in [4.69, 9.17) is 21.4 Å². The monoisotopic (exact) mass is 377 g/mol. The van der Waals surface area contributed by atoms with E-state index >= 15 is 0 Å². The van der Waals surface area contributed by atoms with Gasteiger partial charge in [-0.25, -0.2) is 4.68 Å². The zero-order chi connectivity index (χ0) is 19.1. The number of carboxylic acids is 1. The fourth-order valence-corrected chi connectivity index (χ4v) is 2.61. The normalized spacial score (nSPS) is 11.4. The summed E-state index contributed by atoms with van der Waals surface area (Å²) in [5.74, 6) is -0.0486. The van der Waals surface area contributed by atoms with Gasteiger partial charge in [-0.05, 0) is 51.2 Å². The van der Waals surface area contributed by atoms with E-state index in [0.717, 1.165) is 22.7 Å². The van der Waals surface area contributed by atoms with Gasteiger partial charge in [-0.1, -0.05) is 17.7 Å². The van der Waals surface area contributed by atoms with Crippen molar-refractivity contribution in [1.29, 1.82) is 0 Å². The van der Waals surface area contributed by atoms with Crippen LogP contribution in [0.2, 0.25) is 5.15 Å². The molecule has 2 aromatic rings. The second-order valence-corrected chi connectivity index (χ2v) is 6.36. The second-order valence-electron chi connectivity index (χ2n) is 6.00. The van der Waals surface area contributed by atoms with Gasteiger partial charge in [-0.2, -0.15) is 5.10 Å². The summed E-state index contributed by atoms with van der Waals surface area (Å²) in [7, 11) is 1.87. The molecule has 0 aliphatic heterocycles. The maximum atomic E-state index is 10.6. The molecule has 0 aliphatic carbocycles. The van der Waals surface area contributed by atoms with Crippen LogP contribution in [0.4, 0.5) is 0 Å². The number of halogens is 1. The van der Waals surface area contributed by atoms with Crippen molar-refractivity contribution in [2.45, 2.75) is 20.3 Å². The molecule has 0 fully saturated rings. The quantitative estimate of drug-likeness (QED) is 0.722. The zero-order valence-corrected chi connectivity index (χ0v) is 16.0. The van der Waals surface area contributed by atoms with Crippen molar-refractivity contribution in [3.8, 4) is 11.4 Å². The Morgan fingerprint density at radius 1 is 1.35 bits per heavy atom. The lowest BCUT2D eigenvalue weighted by Gasteiger charge is -2.15. The van der Waals surface area contributed by atoms with Gasteiger partial charge < -0.3 is 14.7 Å². The third-order valence-corrected chi connectivity index (χ3v) is 4.39. The molecule has 0 unspecified atom stereocenters. The molecule has 26 heavy (non-hydrogen) atoms. The molecule has 6 nitrogen and oxygen atoms in total. The summed E-state index contributed by atoms with van der Waals surface area (Å²) in [6.07, 6.45) is 3.99. The summed E-state index contributed by atoms with van der Waals surface area (Å²) in [4.78, 5) is 12.5. The number of aromatic nitrogens is 2. The first-order valence-electron chi connectivity index (χ1n) is 8.43. The highest BCUT2D eigenvalue weighted by Gasteiger charge is 2.12. The molecule has 0 atom stereocenters. The molecule has 1 aromatic heterocycles. The second kappa shape index (κ2) is 9.40. The standard InChI is InChI=1S/C19H24ClN3O3/c1-4-5-17-14(2)19(20)23(21-17)15-6-8-16(9-7-15)26-13-12-22(3)11-10-18(24)25/h4-9H,10-13H2,1-3H3,(H,24,25)/b5-4-. The Bertz CT molecular complexity index is 769. The van der Waals surface area contributed by atoms with Crippen LogP contribution in [0.15, 0.2) is 30.3 Å². The maximum absolute atomic E-state index is 10.6. The number of aliphatic carboxylic acids is 1. The highest BCUT2D eigenvalue weighted by molar-refractivity contribution is 6.30. The van der Waals surface area contributed by atoms with E-state index in [1.165, 1.54) is 0 Å². The molecule has 0 bridgehead atoms. The molecule has 0 aliphatic rings. The number of ether oxygens (including phenoxy) is 1. The van der Waals surface area contributed by atoms with Crippen LogP contribution in [0.5, 0.6) is 5.75 Å². The van der Waals surface area contributed by atoms with Crippen LogP contribution in [-0.2, 0) is 4.79 Å². The van der Waals surface area contributed by atoms with E-state index < -0.39 is 5.97 Å². The number of rotatable bonds is 9. The van der Waals surface area contributed by atoms with Crippen molar-refractivity contribution in [1.82, 2.24) is 14.7 Å². The summed E-state index contributed by atoms with van der Waals surface area (Å²) < 4.78 is 7.41. The lowest BCUT2D eigenvalue weighted by Crippen LogP contribution is -2.26.